The zero-order valence-corrected chi connectivity index (χ0v) is 10.6. The van der Waals surface area contributed by atoms with Crippen molar-refractivity contribution in [3.63, 3.8) is 0 Å². The standard InChI is InChI=1S/C13H13N7/c14-10-5-8-3-1-2-4-9(8)13(10)16-11-6-15-7-12-17-18-19-20(11)12/h1-4,6-7,10,13,16H,5,14H2. The quantitative estimate of drug-likeness (QED) is 0.704. The van der Waals surface area contributed by atoms with Crippen molar-refractivity contribution in [3.8, 4) is 0 Å². The first-order valence-corrected chi connectivity index (χ1v) is 6.45. The molecule has 4 rings (SSSR count). The molecule has 2 unspecified atom stereocenters. The van der Waals surface area contributed by atoms with Crippen LogP contribution in [0, 0.1) is 0 Å². The molecule has 0 bridgehead atoms. The molecule has 7 nitrogen and oxygen atoms in total. The Morgan fingerprint density at radius 3 is 3.10 bits per heavy atom. The Kier molecular flexibility index (Phi) is 2.40. The van der Waals surface area contributed by atoms with Gasteiger partial charge in [-0.3, -0.25) is 4.98 Å². The Bertz CT molecular complexity index is 766. The summed E-state index contributed by atoms with van der Waals surface area (Å²) in [6.45, 7) is 0. The van der Waals surface area contributed by atoms with Gasteiger partial charge in [0.25, 0.3) is 0 Å². The molecule has 1 aromatic carbocycles. The molecule has 3 aromatic rings. The van der Waals surface area contributed by atoms with E-state index in [-0.39, 0.29) is 12.1 Å². The molecule has 0 spiro atoms. The predicted octanol–water partition coefficient (Wildman–Crippen LogP) is 0.556. The Morgan fingerprint density at radius 1 is 1.25 bits per heavy atom. The van der Waals surface area contributed by atoms with E-state index in [0.717, 1.165) is 12.2 Å². The molecule has 100 valence electrons. The normalized spacial score (nSPS) is 21.1. The van der Waals surface area contributed by atoms with Gasteiger partial charge in [0.05, 0.1) is 18.4 Å². The van der Waals surface area contributed by atoms with Crippen molar-refractivity contribution in [1.82, 2.24) is 25.0 Å². The summed E-state index contributed by atoms with van der Waals surface area (Å²) >= 11 is 0. The summed E-state index contributed by atoms with van der Waals surface area (Å²) in [6, 6.07) is 8.36. The fourth-order valence-electron chi connectivity index (χ4n) is 2.74. The number of aromatic nitrogens is 5. The molecule has 3 N–H and O–H groups in total. The van der Waals surface area contributed by atoms with Gasteiger partial charge in [-0.15, -0.1) is 5.10 Å². The minimum absolute atomic E-state index is 0.0270. The fraction of sp³-hybridized carbons (Fsp3) is 0.231. The number of nitrogens with two attached hydrogens (primary N) is 1. The lowest BCUT2D eigenvalue weighted by molar-refractivity contribution is 0.619. The number of tetrazole rings is 1. The minimum Gasteiger partial charge on any atom is -0.360 e. The van der Waals surface area contributed by atoms with E-state index in [0.29, 0.717) is 5.65 Å². The van der Waals surface area contributed by atoms with Crippen LogP contribution in [0.3, 0.4) is 0 Å². The van der Waals surface area contributed by atoms with E-state index in [1.807, 2.05) is 12.1 Å². The SMILES string of the molecule is NC1Cc2ccccc2C1Nc1cncc2nnnn12. The van der Waals surface area contributed by atoms with Gasteiger partial charge in [0.15, 0.2) is 11.5 Å². The van der Waals surface area contributed by atoms with E-state index < -0.39 is 0 Å². The molecule has 0 saturated heterocycles. The molecule has 0 aliphatic heterocycles. The van der Waals surface area contributed by atoms with Crippen molar-refractivity contribution >= 4 is 11.5 Å². The van der Waals surface area contributed by atoms with Crippen molar-refractivity contribution in [1.29, 1.82) is 0 Å². The molecular formula is C13H13N7. The average molecular weight is 267 g/mol. The first-order valence-electron chi connectivity index (χ1n) is 6.45. The van der Waals surface area contributed by atoms with Crippen LogP contribution in [0.1, 0.15) is 17.2 Å². The zero-order chi connectivity index (χ0) is 13.5. The summed E-state index contributed by atoms with van der Waals surface area (Å²) in [4.78, 5) is 4.14. The van der Waals surface area contributed by atoms with Crippen LogP contribution in [0.5, 0.6) is 0 Å². The van der Waals surface area contributed by atoms with Crippen molar-refractivity contribution < 1.29 is 0 Å². The number of anilines is 1. The second kappa shape index (κ2) is 4.24. The molecule has 20 heavy (non-hydrogen) atoms. The van der Waals surface area contributed by atoms with Crippen LogP contribution in [0.4, 0.5) is 5.82 Å². The number of hydrogen-bond donors (Lipinski definition) is 2. The lowest BCUT2D eigenvalue weighted by Crippen LogP contribution is -2.30. The van der Waals surface area contributed by atoms with Gasteiger partial charge in [0.2, 0.25) is 0 Å². The highest BCUT2D eigenvalue weighted by atomic mass is 15.5. The number of benzene rings is 1. The Labute approximate surface area is 114 Å². The second-order valence-corrected chi connectivity index (χ2v) is 4.93. The largest absolute Gasteiger partial charge is 0.360 e. The topological polar surface area (TPSA) is 94.0 Å². The third-order valence-corrected chi connectivity index (χ3v) is 3.69. The summed E-state index contributed by atoms with van der Waals surface area (Å²) in [5, 5.41) is 14.9. The first kappa shape index (κ1) is 11.3. The van der Waals surface area contributed by atoms with Crippen molar-refractivity contribution in [3.05, 3.63) is 47.8 Å². The summed E-state index contributed by atoms with van der Waals surface area (Å²) in [6.07, 6.45) is 4.19. The van der Waals surface area contributed by atoms with Gasteiger partial charge in [0.1, 0.15) is 0 Å². The number of hydrogen-bond acceptors (Lipinski definition) is 6. The average Bonchev–Trinajstić information content (AvgIpc) is 3.05. The van der Waals surface area contributed by atoms with E-state index in [4.69, 9.17) is 5.73 Å². The van der Waals surface area contributed by atoms with Crippen molar-refractivity contribution in [2.24, 2.45) is 5.73 Å². The van der Waals surface area contributed by atoms with Crippen molar-refractivity contribution in [2.45, 2.75) is 18.5 Å². The molecule has 1 aliphatic rings. The number of nitrogens with one attached hydrogen (secondary N) is 1. The first-order chi connectivity index (χ1) is 9.83. The maximum absolute atomic E-state index is 6.25. The molecule has 0 fully saturated rings. The molecule has 0 radical (unpaired) electrons. The van der Waals surface area contributed by atoms with Gasteiger partial charge in [0, 0.05) is 6.04 Å². The van der Waals surface area contributed by atoms with E-state index in [9.17, 15) is 0 Å². The zero-order valence-electron chi connectivity index (χ0n) is 10.6. The van der Waals surface area contributed by atoms with Gasteiger partial charge in [-0.1, -0.05) is 24.3 Å². The summed E-state index contributed by atoms with van der Waals surface area (Å²) < 4.78 is 1.63. The van der Waals surface area contributed by atoms with E-state index >= 15 is 0 Å². The van der Waals surface area contributed by atoms with E-state index in [2.05, 4.69) is 38.0 Å². The maximum atomic E-state index is 6.25. The van der Waals surface area contributed by atoms with Crippen LogP contribution in [0.25, 0.3) is 5.65 Å². The maximum Gasteiger partial charge on any atom is 0.199 e. The van der Waals surface area contributed by atoms with Crippen LogP contribution >= 0.6 is 0 Å². The predicted molar refractivity (Wildman–Crippen MR) is 73.1 cm³/mol. The molecule has 2 heterocycles. The summed E-state index contributed by atoms with van der Waals surface area (Å²) in [5.74, 6) is 0.740. The molecule has 7 heteroatoms. The highest BCUT2D eigenvalue weighted by Crippen LogP contribution is 2.32. The van der Waals surface area contributed by atoms with Gasteiger partial charge >= 0.3 is 0 Å². The number of fused-ring (bicyclic) bond motifs is 2. The third-order valence-electron chi connectivity index (χ3n) is 3.69. The molecule has 2 aromatic heterocycles. The van der Waals surface area contributed by atoms with Crippen LogP contribution in [-0.4, -0.2) is 31.1 Å². The monoisotopic (exact) mass is 267 g/mol. The molecular weight excluding hydrogens is 254 g/mol. The lowest BCUT2D eigenvalue weighted by atomic mass is 10.1. The third kappa shape index (κ3) is 1.64. The Hall–Kier alpha value is -2.54. The van der Waals surface area contributed by atoms with Gasteiger partial charge in [-0.2, -0.15) is 4.52 Å². The number of nitrogens with zero attached hydrogens (tertiary/aromatic N) is 5. The molecule has 1 aliphatic carbocycles. The molecule has 0 amide bonds. The fourth-order valence-corrected chi connectivity index (χ4v) is 2.74. The van der Waals surface area contributed by atoms with E-state index in [1.54, 1.807) is 16.9 Å². The molecule has 2 atom stereocenters. The Morgan fingerprint density at radius 2 is 2.15 bits per heavy atom. The van der Waals surface area contributed by atoms with Gasteiger partial charge in [-0.25, -0.2) is 0 Å². The van der Waals surface area contributed by atoms with Crippen LogP contribution in [-0.2, 0) is 6.42 Å². The smallest absolute Gasteiger partial charge is 0.199 e. The van der Waals surface area contributed by atoms with Crippen LogP contribution in [0.2, 0.25) is 0 Å². The molecule has 0 saturated carbocycles. The van der Waals surface area contributed by atoms with Gasteiger partial charge < -0.3 is 11.1 Å². The highest BCUT2D eigenvalue weighted by Gasteiger charge is 2.30. The van der Waals surface area contributed by atoms with E-state index in [1.165, 1.54) is 11.1 Å². The lowest BCUT2D eigenvalue weighted by Gasteiger charge is -2.19. The van der Waals surface area contributed by atoms with Crippen molar-refractivity contribution in [2.75, 3.05) is 5.32 Å². The Balaban J connectivity index is 1.74. The summed E-state index contributed by atoms with van der Waals surface area (Å²) in [7, 11) is 0. The highest BCUT2D eigenvalue weighted by molar-refractivity contribution is 5.48. The summed E-state index contributed by atoms with van der Waals surface area (Å²) in [5.41, 5.74) is 9.37. The second-order valence-electron chi connectivity index (χ2n) is 4.93. The minimum atomic E-state index is 0.0270. The van der Waals surface area contributed by atoms with Gasteiger partial charge in [-0.05, 0) is 28.0 Å². The van der Waals surface area contributed by atoms with Crippen LogP contribution in [0.15, 0.2) is 36.7 Å². The van der Waals surface area contributed by atoms with Crippen LogP contribution < -0.4 is 11.1 Å². The number of rotatable bonds is 2.